The van der Waals surface area contributed by atoms with Crippen LogP contribution in [0.15, 0.2) is 146 Å². The molecule has 0 atom stereocenters. The van der Waals surface area contributed by atoms with Crippen LogP contribution in [0.4, 0.5) is 0 Å². The molecule has 0 saturated carbocycles. The van der Waals surface area contributed by atoms with Crippen LogP contribution in [-0.4, -0.2) is 18.5 Å². The van der Waals surface area contributed by atoms with Crippen molar-refractivity contribution in [1.29, 1.82) is 0 Å². The van der Waals surface area contributed by atoms with Gasteiger partial charge in [0, 0.05) is 56.1 Å². The van der Waals surface area contributed by atoms with E-state index in [0.29, 0.717) is 0 Å². The summed E-state index contributed by atoms with van der Waals surface area (Å²) in [6.07, 6.45) is 3.99. The van der Waals surface area contributed by atoms with E-state index in [1.54, 1.807) is 0 Å². The molecule has 0 spiro atoms. The summed E-state index contributed by atoms with van der Waals surface area (Å²) in [7, 11) is 0. The third-order valence-corrected chi connectivity index (χ3v) is 9.07. The zero-order valence-corrected chi connectivity index (χ0v) is 23.1. The molecular weight excluding hydrogens is 524 g/mol. The molecule has 0 aliphatic rings. The minimum absolute atomic E-state index is 0.986. The zero-order valence-electron chi connectivity index (χ0n) is 23.1. The maximum atomic E-state index is 4.77. The molecule has 4 heterocycles. The lowest BCUT2D eigenvalue weighted by Crippen LogP contribution is -1.95. The maximum Gasteiger partial charge on any atom is 0.145 e. The van der Waals surface area contributed by atoms with Crippen molar-refractivity contribution in [2.24, 2.45) is 0 Å². The predicted molar refractivity (Wildman–Crippen MR) is 179 cm³/mol. The molecule has 200 valence electrons. The maximum absolute atomic E-state index is 4.77. The Bertz CT molecular complexity index is 2710. The Morgan fingerprint density at radius 1 is 0.395 bits per heavy atom. The second-order valence-corrected chi connectivity index (χ2v) is 11.3. The van der Waals surface area contributed by atoms with Gasteiger partial charge in [0.15, 0.2) is 0 Å². The first-order chi connectivity index (χ1) is 21.4. The summed E-state index contributed by atoms with van der Waals surface area (Å²) < 4.78 is 7.08. The van der Waals surface area contributed by atoms with Crippen LogP contribution in [0.3, 0.4) is 0 Å². The van der Waals surface area contributed by atoms with Crippen LogP contribution in [0.25, 0.3) is 82.3 Å². The largest absolute Gasteiger partial charge is 0.309 e. The lowest BCUT2D eigenvalue weighted by molar-refractivity contribution is 1.17. The number of nitrogens with zero attached hydrogens (tertiary/aromatic N) is 4. The van der Waals surface area contributed by atoms with Gasteiger partial charge in [-0.3, -0.25) is 4.40 Å². The van der Waals surface area contributed by atoms with E-state index in [0.717, 1.165) is 27.9 Å². The molecule has 10 aromatic rings. The molecule has 10 rings (SSSR count). The Hall–Kier alpha value is -5.87. The number of imidazole rings is 1. The van der Waals surface area contributed by atoms with E-state index in [-0.39, 0.29) is 0 Å². The highest BCUT2D eigenvalue weighted by Gasteiger charge is 2.22. The van der Waals surface area contributed by atoms with Crippen LogP contribution in [0.5, 0.6) is 0 Å². The number of hydrogen-bond donors (Lipinski definition) is 0. The van der Waals surface area contributed by atoms with Gasteiger partial charge in [0.05, 0.1) is 27.6 Å². The first kappa shape index (κ1) is 22.8. The Morgan fingerprint density at radius 3 is 1.67 bits per heavy atom. The first-order valence-electron chi connectivity index (χ1n) is 14.7. The fraction of sp³-hybridized carbons (Fsp3) is 0. The third kappa shape index (κ3) is 2.97. The van der Waals surface area contributed by atoms with Crippen molar-refractivity contribution >= 4 is 70.9 Å². The lowest BCUT2D eigenvalue weighted by Gasteiger charge is -2.11. The molecule has 0 aliphatic heterocycles. The van der Waals surface area contributed by atoms with Gasteiger partial charge in [-0.15, -0.1) is 0 Å². The number of para-hydroxylation sites is 3. The van der Waals surface area contributed by atoms with Crippen LogP contribution in [0.2, 0.25) is 0 Å². The molecule has 0 amide bonds. The number of benzene rings is 6. The van der Waals surface area contributed by atoms with Gasteiger partial charge in [-0.2, -0.15) is 0 Å². The van der Waals surface area contributed by atoms with Gasteiger partial charge in [-0.25, -0.2) is 4.98 Å². The molecule has 4 heteroatoms. The van der Waals surface area contributed by atoms with Crippen LogP contribution < -0.4 is 0 Å². The fourth-order valence-corrected chi connectivity index (χ4v) is 7.34. The summed E-state index contributed by atoms with van der Waals surface area (Å²) in [6.45, 7) is 0. The van der Waals surface area contributed by atoms with E-state index < -0.39 is 0 Å². The van der Waals surface area contributed by atoms with Crippen LogP contribution in [0.1, 0.15) is 0 Å². The molecule has 0 unspecified atom stereocenters. The number of aromatic nitrogens is 4. The predicted octanol–water partition coefficient (Wildman–Crippen LogP) is 9.83. The highest BCUT2D eigenvalue weighted by Crippen LogP contribution is 2.44. The van der Waals surface area contributed by atoms with Crippen molar-refractivity contribution in [2.45, 2.75) is 0 Å². The van der Waals surface area contributed by atoms with Crippen molar-refractivity contribution in [3.05, 3.63) is 146 Å². The van der Waals surface area contributed by atoms with Gasteiger partial charge >= 0.3 is 0 Å². The zero-order chi connectivity index (χ0) is 28.1. The number of rotatable bonds is 2. The molecule has 0 aliphatic carbocycles. The van der Waals surface area contributed by atoms with Crippen LogP contribution >= 0.6 is 0 Å². The summed E-state index contributed by atoms with van der Waals surface area (Å²) >= 11 is 0. The molecule has 43 heavy (non-hydrogen) atoms. The molecule has 6 aromatic carbocycles. The minimum Gasteiger partial charge on any atom is -0.309 e. The second-order valence-electron chi connectivity index (χ2n) is 11.3. The van der Waals surface area contributed by atoms with Crippen LogP contribution in [-0.2, 0) is 0 Å². The van der Waals surface area contributed by atoms with Gasteiger partial charge in [0.1, 0.15) is 5.65 Å². The highest BCUT2D eigenvalue weighted by atomic mass is 15.0. The van der Waals surface area contributed by atoms with Gasteiger partial charge in [-0.1, -0.05) is 78.9 Å². The van der Waals surface area contributed by atoms with Gasteiger partial charge in [0.25, 0.3) is 0 Å². The van der Waals surface area contributed by atoms with E-state index in [4.69, 9.17) is 4.98 Å². The summed E-state index contributed by atoms with van der Waals surface area (Å²) in [5.74, 6) is 0. The first-order valence-corrected chi connectivity index (χ1v) is 14.7. The van der Waals surface area contributed by atoms with Crippen molar-refractivity contribution in [3.63, 3.8) is 0 Å². The Morgan fingerprint density at radius 2 is 0.953 bits per heavy atom. The lowest BCUT2D eigenvalue weighted by atomic mass is 10.0. The van der Waals surface area contributed by atoms with Crippen molar-refractivity contribution < 1.29 is 0 Å². The summed E-state index contributed by atoms with van der Waals surface area (Å²) in [5, 5.41) is 8.63. The average molecular weight is 549 g/mol. The molecule has 0 saturated heterocycles. The quantitative estimate of drug-likeness (QED) is 0.198. The summed E-state index contributed by atoms with van der Waals surface area (Å²) in [5.41, 5.74) is 9.28. The Kier molecular flexibility index (Phi) is 4.42. The molecule has 0 fully saturated rings. The molecular formula is C39H24N4. The van der Waals surface area contributed by atoms with Gasteiger partial charge in [0.2, 0.25) is 0 Å². The second kappa shape index (κ2) is 8.34. The van der Waals surface area contributed by atoms with Crippen LogP contribution in [0, 0.1) is 0 Å². The van der Waals surface area contributed by atoms with Gasteiger partial charge in [-0.05, 0) is 60.0 Å². The van der Waals surface area contributed by atoms with Crippen molar-refractivity contribution in [3.8, 4) is 11.4 Å². The monoisotopic (exact) mass is 548 g/mol. The van der Waals surface area contributed by atoms with E-state index in [2.05, 4.69) is 153 Å². The van der Waals surface area contributed by atoms with E-state index in [1.165, 1.54) is 54.4 Å². The minimum atomic E-state index is 0.986. The SMILES string of the molecule is c1ccc(-n2c3ccccc3c3c4c5cc6c(cc5n(-c5ccccc5)c4ccc32)c2ccccc2c2nccn62)cc1. The standard InChI is InChI=1S/C39H24N4/c1-3-11-25(12-4-1)42-32-18-10-9-17-29(32)37-33(42)19-20-34-38(37)31-24-35-30(23-36(31)43(34)26-13-5-2-6-14-26)27-15-7-8-16-28(27)39-40-21-22-41(35)39/h1-24H. The van der Waals surface area contributed by atoms with E-state index >= 15 is 0 Å². The molecule has 4 aromatic heterocycles. The molecule has 0 N–H and O–H groups in total. The molecule has 4 nitrogen and oxygen atoms in total. The summed E-state index contributed by atoms with van der Waals surface area (Å²) in [6, 6.07) is 48.2. The topological polar surface area (TPSA) is 27.2 Å². The number of pyridine rings is 1. The molecule has 0 bridgehead atoms. The van der Waals surface area contributed by atoms with E-state index in [9.17, 15) is 0 Å². The summed E-state index contributed by atoms with van der Waals surface area (Å²) in [4.78, 5) is 4.77. The average Bonchev–Trinajstić information content (AvgIpc) is 3.78. The molecule has 0 radical (unpaired) electrons. The van der Waals surface area contributed by atoms with Gasteiger partial charge < -0.3 is 9.13 Å². The normalized spacial score (nSPS) is 12.2. The van der Waals surface area contributed by atoms with E-state index in [1.807, 2.05) is 6.20 Å². The highest BCUT2D eigenvalue weighted by molar-refractivity contribution is 6.30. The number of hydrogen-bond acceptors (Lipinski definition) is 1. The smallest absolute Gasteiger partial charge is 0.145 e. The van der Waals surface area contributed by atoms with Crippen molar-refractivity contribution in [2.75, 3.05) is 0 Å². The van der Waals surface area contributed by atoms with Crippen molar-refractivity contribution in [1.82, 2.24) is 18.5 Å². The number of fused-ring (bicyclic) bond motifs is 13. The Balaban J connectivity index is 1.49. The Labute approximate surface area is 246 Å². The fourth-order valence-electron chi connectivity index (χ4n) is 7.34. The third-order valence-electron chi connectivity index (χ3n) is 9.07.